The summed E-state index contributed by atoms with van der Waals surface area (Å²) in [5, 5.41) is 1.22. The monoisotopic (exact) mass is 951 g/mol. The molecule has 370 valence electrons. The van der Waals surface area contributed by atoms with Gasteiger partial charge in [0.15, 0.2) is 0 Å². The smallest absolute Gasteiger partial charge is 0.297 e. The third-order valence-corrected chi connectivity index (χ3v) is 19.3. The quantitative estimate of drug-likeness (QED) is 0.165. The molecule has 5 aliphatic rings. The Bertz CT molecular complexity index is 3440. The molecule has 3 aliphatic carbocycles. The van der Waals surface area contributed by atoms with E-state index in [0.717, 1.165) is 36.9 Å². The number of nitrogens with zero attached hydrogens (tertiary/aromatic N) is 2. The lowest BCUT2D eigenvalue weighted by Crippen LogP contribution is -2.61. The van der Waals surface area contributed by atoms with Crippen LogP contribution >= 0.6 is 0 Å². The van der Waals surface area contributed by atoms with Crippen LogP contribution in [0.3, 0.4) is 0 Å². The van der Waals surface area contributed by atoms with Crippen molar-refractivity contribution in [3.05, 3.63) is 147 Å². The molecule has 7 aromatic rings. The van der Waals surface area contributed by atoms with E-state index in [1.165, 1.54) is 124 Å². The van der Waals surface area contributed by atoms with Crippen LogP contribution in [0.5, 0.6) is 0 Å². The molecule has 6 aromatic carbocycles. The van der Waals surface area contributed by atoms with Gasteiger partial charge in [0.25, 0.3) is 6.71 Å². The Labute approximate surface area is 432 Å². The standard InChI is InChI=1S/C68H79BN2O/c1-40-18-20-42(21-19-40)45-36-49-51(67(14,15)30-28-65(49,10)11)38-55(45)71-54-25-22-43(62(3,4)5)34-53(54)69-59-56(32-41(2)33-57(59)71)70(44-23-24-47-48(35-44)64(8,9)27-26-63(47,6)7)60-46-37-50-52(39-58(46)72-61(60)69)68(16,17)31-29-66(50,12)13/h18-25,32-39H,26-31H2,1-17H3. The number of anilines is 6. The second kappa shape index (κ2) is 15.1. The van der Waals surface area contributed by atoms with Gasteiger partial charge >= 0.3 is 0 Å². The van der Waals surface area contributed by atoms with Crippen LogP contribution in [0.15, 0.2) is 101 Å². The van der Waals surface area contributed by atoms with Gasteiger partial charge in [0.2, 0.25) is 0 Å². The molecule has 0 saturated heterocycles. The van der Waals surface area contributed by atoms with Crippen molar-refractivity contribution in [1.29, 1.82) is 0 Å². The fourth-order valence-electron chi connectivity index (χ4n) is 14.1. The molecule has 12 rings (SSSR count). The summed E-state index contributed by atoms with van der Waals surface area (Å²) in [6.45, 7) is 41.0. The largest absolute Gasteiger partial charge is 0.468 e. The number of furan rings is 1. The Morgan fingerprint density at radius 3 is 1.56 bits per heavy atom. The molecule has 0 spiro atoms. The molecule has 72 heavy (non-hydrogen) atoms. The van der Waals surface area contributed by atoms with Gasteiger partial charge in [-0.3, -0.25) is 0 Å². The van der Waals surface area contributed by atoms with Gasteiger partial charge < -0.3 is 14.2 Å². The van der Waals surface area contributed by atoms with Crippen LogP contribution in [0, 0.1) is 13.8 Å². The van der Waals surface area contributed by atoms with Crippen molar-refractivity contribution in [2.45, 2.75) is 194 Å². The molecule has 3 nitrogen and oxygen atoms in total. The summed E-state index contributed by atoms with van der Waals surface area (Å²) >= 11 is 0. The van der Waals surface area contributed by atoms with Crippen LogP contribution < -0.4 is 26.4 Å². The molecule has 1 aromatic heterocycles. The summed E-state index contributed by atoms with van der Waals surface area (Å²) in [5.41, 5.74) is 27.5. The van der Waals surface area contributed by atoms with Gasteiger partial charge in [-0.05, 0) is 206 Å². The van der Waals surface area contributed by atoms with Crippen molar-refractivity contribution in [2.24, 2.45) is 0 Å². The van der Waals surface area contributed by atoms with Crippen LogP contribution in [0.1, 0.15) is 192 Å². The zero-order chi connectivity index (χ0) is 51.2. The summed E-state index contributed by atoms with van der Waals surface area (Å²) in [7, 11) is 0. The lowest BCUT2D eigenvalue weighted by Gasteiger charge is -2.46. The van der Waals surface area contributed by atoms with Gasteiger partial charge in [-0.15, -0.1) is 0 Å². The Kier molecular flexibility index (Phi) is 9.95. The number of hydrogen-bond acceptors (Lipinski definition) is 3. The van der Waals surface area contributed by atoms with E-state index in [9.17, 15) is 0 Å². The van der Waals surface area contributed by atoms with Gasteiger partial charge in [0.1, 0.15) is 5.58 Å². The van der Waals surface area contributed by atoms with Crippen molar-refractivity contribution in [2.75, 3.05) is 9.80 Å². The highest BCUT2D eigenvalue weighted by Gasteiger charge is 2.50. The molecule has 0 saturated carbocycles. The van der Waals surface area contributed by atoms with Crippen molar-refractivity contribution in [3.63, 3.8) is 0 Å². The van der Waals surface area contributed by atoms with Gasteiger partial charge in [-0.25, -0.2) is 0 Å². The second-order valence-electron chi connectivity index (χ2n) is 28.4. The predicted octanol–water partition coefficient (Wildman–Crippen LogP) is 17.1. The van der Waals surface area contributed by atoms with E-state index >= 15 is 0 Å². The number of hydrogen-bond donors (Lipinski definition) is 0. The highest BCUT2D eigenvalue weighted by molar-refractivity contribution is 7.00. The number of fused-ring (bicyclic) bond motifs is 9. The maximum Gasteiger partial charge on any atom is 0.297 e. The molecule has 0 atom stereocenters. The highest BCUT2D eigenvalue weighted by Crippen LogP contribution is 2.56. The summed E-state index contributed by atoms with van der Waals surface area (Å²) < 4.78 is 7.73. The summed E-state index contributed by atoms with van der Waals surface area (Å²) in [6, 6.07) is 39.5. The fourth-order valence-corrected chi connectivity index (χ4v) is 14.1. The number of benzene rings is 6. The minimum absolute atomic E-state index is 0.0196. The van der Waals surface area contributed by atoms with Crippen molar-refractivity contribution < 1.29 is 4.42 Å². The van der Waals surface area contributed by atoms with Gasteiger partial charge in [-0.1, -0.05) is 152 Å². The molecule has 0 bridgehead atoms. The first-order valence-electron chi connectivity index (χ1n) is 27.5. The summed E-state index contributed by atoms with van der Waals surface area (Å²) in [5.74, 6) is 0. The van der Waals surface area contributed by atoms with Gasteiger partial charge in [-0.2, -0.15) is 0 Å². The third kappa shape index (κ3) is 6.95. The summed E-state index contributed by atoms with van der Waals surface area (Å²) in [4.78, 5) is 5.34. The normalized spacial score (nSPS) is 20.3. The van der Waals surface area contributed by atoms with E-state index < -0.39 is 0 Å². The minimum atomic E-state index is -0.135. The molecule has 0 radical (unpaired) electrons. The van der Waals surface area contributed by atoms with Crippen molar-refractivity contribution >= 4 is 68.4 Å². The van der Waals surface area contributed by atoms with Crippen LogP contribution in [0.25, 0.3) is 22.1 Å². The molecule has 0 unspecified atom stereocenters. The summed E-state index contributed by atoms with van der Waals surface area (Å²) in [6.07, 6.45) is 6.98. The average molecular weight is 951 g/mol. The zero-order valence-electron chi connectivity index (χ0n) is 46.9. The van der Waals surface area contributed by atoms with Crippen molar-refractivity contribution in [1.82, 2.24) is 0 Å². The first kappa shape index (κ1) is 47.5. The first-order chi connectivity index (χ1) is 33.6. The fraction of sp³-hybridized carbons (Fsp3) is 0.441. The second-order valence-corrected chi connectivity index (χ2v) is 28.4. The molecule has 2 aliphatic heterocycles. The highest BCUT2D eigenvalue weighted by atomic mass is 16.3. The molecule has 0 amide bonds. The molecular weight excluding hydrogens is 872 g/mol. The number of aryl methyl sites for hydroxylation is 2. The molecule has 0 fully saturated rings. The van der Waals surface area contributed by atoms with Gasteiger partial charge in [0.05, 0.1) is 17.0 Å². The number of rotatable bonds is 3. The zero-order valence-corrected chi connectivity index (χ0v) is 46.9. The Morgan fingerprint density at radius 1 is 0.458 bits per heavy atom. The van der Waals surface area contributed by atoms with E-state index in [1.54, 1.807) is 0 Å². The Morgan fingerprint density at radius 2 is 0.972 bits per heavy atom. The van der Waals surface area contributed by atoms with Crippen molar-refractivity contribution in [3.8, 4) is 11.1 Å². The maximum atomic E-state index is 7.73. The van der Waals surface area contributed by atoms with E-state index in [2.05, 4.69) is 225 Å². The average Bonchev–Trinajstić information content (AvgIpc) is 3.68. The van der Waals surface area contributed by atoms with E-state index in [0.29, 0.717) is 0 Å². The molecule has 0 N–H and O–H groups in total. The Hall–Kier alpha value is -5.48. The predicted molar refractivity (Wildman–Crippen MR) is 310 cm³/mol. The topological polar surface area (TPSA) is 19.6 Å². The Balaban J connectivity index is 1.22. The van der Waals surface area contributed by atoms with Crippen LogP contribution in [-0.4, -0.2) is 6.71 Å². The van der Waals surface area contributed by atoms with E-state index in [4.69, 9.17) is 4.42 Å². The first-order valence-corrected chi connectivity index (χ1v) is 27.5. The van der Waals surface area contributed by atoms with Gasteiger partial charge in [0, 0.05) is 33.7 Å². The minimum Gasteiger partial charge on any atom is -0.468 e. The van der Waals surface area contributed by atoms with E-state index in [-0.39, 0.29) is 44.6 Å². The molecule has 3 heterocycles. The SMILES string of the molecule is Cc1ccc(-c2cc3c(cc2N2c4ccc(C(C)(C)C)cc4B4c5oc6cc7c(cc6c5N(c5ccc6c(c5)C(C)(C)CCC6(C)C)c5cc(C)cc2c54)C(C)(C)CCC7(C)C)C(C)(C)CCC3(C)C)cc1. The molecular formula is C68H79BN2O. The molecule has 4 heteroatoms. The van der Waals surface area contributed by atoms with Crippen LogP contribution in [0.4, 0.5) is 34.1 Å². The lowest BCUT2D eigenvalue weighted by molar-refractivity contribution is 0.332. The maximum absolute atomic E-state index is 7.73. The van der Waals surface area contributed by atoms with E-state index in [1.807, 2.05) is 0 Å². The van der Waals surface area contributed by atoms with Crippen LogP contribution in [0.2, 0.25) is 0 Å². The third-order valence-electron chi connectivity index (χ3n) is 19.3. The lowest BCUT2D eigenvalue weighted by atomic mass is 9.35. The van der Waals surface area contributed by atoms with Crippen LogP contribution in [-0.2, 0) is 37.9 Å².